The Kier molecular flexibility index (Phi) is 5.47. The Morgan fingerprint density at radius 2 is 1.88 bits per heavy atom. The van der Waals surface area contributed by atoms with E-state index in [-0.39, 0.29) is 5.91 Å². The fourth-order valence-corrected chi connectivity index (χ4v) is 3.20. The molecule has 0 unspecified atom stereocenters. The largest absolute Gasteiger partial charge is 0.369 e. The summed E-state index contributed by atoms with van der Waals surface area (Å²) >= 11 is 0. The Hall–Kier alpha value is -2.36. The Morgan fingerprint density at radius 1 is 1.12 bits per heavy atom. The fourth-order valence-electron chi connectivity index (χ4n) is 3.20. The van der Waals surface area contributed by atoms with Crippen LogP contribution in [0.3, 0.4) is 0 Å². The predicted octanol–water partition coefficient (Wildman–Crippen LogP) is 3.78. The minimum absolute atomic E-state index is 0.0563. The van der Waals surface area contributed by atoms with Crippen molar-refractivity contribution >= 4 is 11.6 Å². The fraction of sp³-hybridized carbons (Fsp3) is 0.400. The number of amides is 1. The first-order valence-electron chi connectivity index (χ1n) is 8.74. The van der Waals surface area contributed by atoms with Gasteiger partial charge in [-0.3, -0.25) is 4.79 Å². The monoisotopic (exact) mass is 323 g/mol. The van der Waals surface area contributed by atoms with Crippen LogP contribution >= 0.6 is 0 Å². The predicted molar refractivity (Wildman–Crippen MR) is 97.1 cm³/mol. The SMILES string of the molecule is CN(Cc1ccccc1)c1ccc(C(=O)NC2CCCCC2)nc1. The molecule has 0 atom stereocenters. The standard InChI is InChI=1S/C20H25N3O/c1-23(15-16-8-4-2-5-9-16)18-12-13-19(21-14-18)20(24)22-17-10-6-3-7-11-17/h2,4-5,8-9,12-14,17H,3,6-7,10-11,15H2,1H3,(H,22,24). The molecule has 4 heteroatoms. The van der Waals surface area contributed by atoms with E-state index < -0.39 is 0 Å². The quantitative estimate of drug-likeness (QED) is 0.911. The Morgan fingerprint density at radius 3 is 2.54 bits per heavy atom. The molecule has 3 rings (SSSR count). The molecule has 126 valence electrons. The van der Waals surface area contributed by atoms with E-state index in [1.54, 1.807) is 6.20 Å². The molecule has 1 saturated carbocycles. The highest BCUT2D eigenvalue weighted by molar-refractivity contribution is 5.92. The van der Waals surface area contributed by atoms with E-state index in [1.807, 2.05) is 37.4 Å². The number of rotatable bonds is 5. The summed E-state index contributed by atoms with van der Waals surface area (Å²) in [5.41, 5.74) is 2.75. The van der Waals surface area contributed by atoms with E-state index in [4.69, 9.17) is 0 Å². The van der Waals surface area contributed by atoms with Crippen LogP contribution in [0.25, 0.3) is 0 Å². The number of benzene rings is 1. The van der Waals surface area contributed by atoms with Gasteiger partial charge in [-0.2, -0.15) is 0 Å². The summed E-state index contributed by atoms with van der Waals surface area (Å²) in [5.74, 6) is -0.0563. The number of pyridine rings is 1. The van der Waals surface area contributed by atoms with Crippen molar-refractivity contribution in [2.45, 2.75) is 44.7 Å². The maximum Gasteiger partial charge on any atom is 0.270 e. The molecule has 1 heterocycles. The van der Waals surface area contributed by atoms with Gasteiger partial charge in [0, 0.05) is 19.6 Å². The molecule has 1 N–H and O–H groups in total. The molecule has 2 aromatic rings. The lowest BCUT2D eigenvalue weighted by Crippen LogP contribution is -2.36. The number of hydrogen-bond acceptors (Lipinski definition) is 3. The van der Waals surface area contributed by atoms with Crippen LogP contribution in [-0.4, -0.2) is 24.0 Å². The van der Waals surface area contributed by atoms with Crippen molar-refractivity contribution < 1.29 is 4.79 Å². The van der Waals surface area contributed by atoms with Crippen molar-refractivity contribution in [1.82, 2.24) is 10.3 Å². The third-order valence-electron chi connectivity index (χ3n) is 4.62. The topological polar surface area (TPSA) is 45.2 Å². The van der Waals surface area contributed by atoms with Gasteiger partial charge in [-0.15, -0.1) is 0 Å². The van der Waals surface area contributed by atoms with Gasteiger partial charge in [0.2, 0.25) is 0 Å². The molecule has 4 nitrogen and oxygen atoms in total. The molecule has 1 amide bonds. The van der Waals surface area contributed by atoms with Crippen LogP contribution in [0.15, 0.2) is 48.7 Å². The van der Waals surface area contributed by atoms with Crippen molar-refractivity contribution in [2.24, 2.45) is 0 Å². The van der Waals surface area contributed by atoms with Gasteiger partial charge in [0.25, 0.3) is 5.91 Å². The van der Waals surface area contributed by atoms with E-state index in [0.29, 0.717) is 11.7 Å². The molecule has 0 spiro atoms. The lowest BCUT2D eigenvalue weighted by Gasteiger charge is -2.23. The zero-order chi connectivity index (χ0) is 16.8. The zero-order valence-corrected chi connectivity index (χ0v) is 14.2. The summed E-state index contributed by atoms with van der Waals surface area (Å²) in [6, 6.07) is 14.4. The zero-order valence-electron chi connectivity index (χ0n) is 14.2. The molecule has 1 aromatic heterocycles. The lowest BCUT2D eigenvalue weighted by molar-refractivity contribution is 0.0922. The molecule has 24 heavy (non-hydrogen) atoms. The molecular formula is C20H25N3O. The number of carbonyl (C=O) groups is 1. The number of hydrogen-bond donors (Lipinski definition) is 1. The van der Waals surface area contributed by atoms with Crippen LogP contribution in [0.1, 0.15) is 48.2 Å². The van der Waals surface area contributed by atoms with Crippen LogP contribution in [0.5, 0.6) is 0 Å². The molecule has 0 saturated heterocycles. The van der Waals surface area contributed by atoms with Crippen molar-refractivity contribution in [3.63, 3.8) is 0 Å². The van der Waals surface area contributed by atoms with Gasteiger partial charge in [-0.1, -0.05) is 49.6 Å². The van der Waals surface area contributed by atoms with Crippen molar-refractivity contribution in [3.8, 4) is 0 Å². The highest BCUT2D eigenvalue weighted by atomic mass is 16.1. The average Bonchev–Trinajstić information content (AvgIpc) is 2.63. The van der Waals surface area contributed by atoms with E-state index >= 15 is 0 Å². The summed E-state index contributed by atoms with van der Waals surface area (Å²) in [4.78, 5) is 18.8. The summed E-state index contributed by atoms with van der Waals surface area (Å²) in [6.07, 6.45) is 7.66. The van der Waals surface area contributed by atoms with E-state index in [1.165, 1.54) is 24.8 Å². The summed E-state index contributed by atoms with van der Waals surface area (Å²) in [7, 11) is 2.03. The number of anilines is 1. The van der Waals surface area contributed by atoms with Gasteiger partial charge in [0.15, 0.2) is 0 Å². The number of nitrogens with zero attached hydrogens (tertiary/aromatic N) is 2. The molecule has 1 fully saturated rings. The second-order valence-corrected chi connectivity index (χ2v) is 6.55. The average molecular weight is 323 g/mol. The number of nitrogens with one attached hydrogen (secondary N) is 1. The molecular weight excluding hydrogens is 298 g/mol. The molecule has 1 aromatic carbocycles. The van der Waals surface area contributed by atoms with Gasteiger partial charge in [0.05, 0.1) is 11.9 Å². The van der Waals surface area contributed by atoms with Crippen LogP contribution in [-0.2, 0) is 6.54 Å². The number of carbonyl (C=O) groups excluding carboxylic acids is 1. The lowest BCUT2D eigenvalue weighted by atomic mass is 9.95. The molecule has 0 aliphatic heterocycles. The van der Waals surface area contributed by atoms with Gasteiger partial charge in [-0.25, -0.2) is 4.98 Å². The molecule has 1 aliphatic rings. The highest BCUT2D eigenvalue weighted by Crippen LogP contribution is 2.18. The maximum atomic E-state index is 12.3. The maximum absolute atomic E-state index is 12.3. The van der Waals surface area contributed by atoms with Crippen molar-refractivity contribution in [2.75, 3.05) is 11.9 Å². The smallest absolute Gasteiger partial charge is 0.270 e. The van der Waals surface area contributed by atoms with Crippen LogP contribution in [0.2, 0.25) is 0 Å². The molecule has 0 radical (unpaired) electrons. The minimum atomic E-state index is -0.0563. The highest BCUT2D eigenvalue weighted by Gasteiger charge is 2.17. The van der Waals surface area contributed by atoms with Crippen LogP contribution in [0.4, 0.5) is 5.69 Å². The Bertz CT molecular complexity index is 648. The first-order valence-corrected chi connectivity index (χ1v) is 8.74. The van der Waals surface area contributed by atoms with E-state index in [0.717, 1.165) is 25.1 Å². The van der Waals surface area contributed by atoms with E-state index in [2.05, 4.69) is 27.3 Å². The van der Waals surface area contributed by atoms with Gasteiger partial charge in [0.1, 0.15) is 5.69 Å². The third kappa shape index (κ3) is 4.34. The third-order valence-corrected chi connectivity index (χ3v) is 4.62. The Labute approximate surface area is 143 Å². The van der Waals surface area contributed by atoms with Gasteiger partial charge in [-0.05, 0) is 30.5 Å². The first kappa shape index (κ1) is 16.5. The first-order chi connectivity index (χ1) is 11.7. The second-order valence-electron chi connectivity index (χ2n) is 6.55. The number of aromatic nitrogens is 1. The van der Waals surface area contributed by atoms with Gasteiger partial charge >= 0.3 is 0 Å². The molecule has 0 bridgehead atoms. The van der Waals surface area contributed by atoms with Gasteiger partial charge < -0.3 is 10.2 Å². The summed E-state index contributed by atoms with van der Waals surface area (Å²) in [5, 5.41) is 3.11. The second kappa shape index (κ2) is 7.95. The normalized spacial score (nSPS) is 15.0. The van der Waals surface area contributed by atoms with Crippen molar-refractivity contribution in [1.29, 1.82) is 0 Å². The summed E-state index contributed by atoms with van der Waals surface area (Å²) in [6.45, 7) is 0.816. The Balaban J connectivity index is 1.59. The summed E-state index contributed by atoms with van der Waals surface area (Å²) < 4.78 is 0. The molecule has 1 aliphatic carbocycles. The van der Waals surface area contributed by atoms with E-state index in [9.17, 15) is 4.79 Å². The van der Waals surface area contributed by atoms with Crippen LogP contribution in [0, 0.1) is 0 Å². The van der Waals surface area contributed by atoms with Crippen LogP contribution < -0.4 is 10.2 Å². The minimum Gasteiger partial charge on any atom is -0.369 e. The van der Waals surface area contributed by atoms with Crippen molar-refractivity contribution in [3.05, 3.63) is 59.9 Å².